The number of aromatic nitrogens is 3. The highest BCUT2D eigenvalue weighted by Gasteiger charge is 2.14. The van der Waals surface area contributed by atoms with Gasteiger partial charge in [-0.3, -0.25) is 4.57 Å². The molecular weight excluding hydrogens is 333 g/mol. The SMILES string of the molecule is Fc1ccc(-n2c(CCl)nc3cccnc32)c(Br)c1. The van der Waals surface area contributed by atoms with E-state index in [2.05, 4.69) is 25.9 Å². The molecule has 0 N–H and O–H groups in total. The zero-order valence-corrected chi connectivity index (χ0v) is 12.0. The van der Waals surface area contributed by atoms with Crippen LogP contribution in [-0.2, 0) is 5.88 Å². The minimum absolute atomic E-state index is 0.250. The number of hydrogen-bond acceptors (Lipinski definition) is 2. The van der Waals surface area contributed by atoms with Gasteiger partial charge >= 0.3 is 0 Å². The van der Waals surface area contributed by atoms with Crippen molar-refractivity contribution >= 4 is 38.7 Å². The molecule has 3 rings (SSSR count). The van der Waals surface area contributed by atoms with Crippen molar-refractivity contribution in [3.05, 3.63) is 52.6 Å². The van der Waals surface area contributed by atoms with E-state index in [9.17, 15) is 4.39 Å². The van der Waals surface area contributed by atoms with Crippen molar-refractivity contribution in [1.82, 2.24) is 14.5 Å². The lowest BCUT2D eigenvalue weighted by Crippen LogP contribution is -2.01. The van der Waals surface area contributed by atoms with Crippen LogP contribution in [0.2, 0.25) is 0 Å². The molecule has 0 atom stereocenters. The summed E-state index contributed by atoms with van der Waals surface area (Å²) in [6.45, 7) is 0. The van der Waals surface area contributed by atoms with Gasteiger partial charge in [0.05, 0.1) is 11.6 Å². The highest BCUT2D eigenvalue weighted by Crippen LogP contribution is 2.27. The number of rotatable bonds is 2. The topological polar surface area (TPSA) is 30.7 Å². The molecule has 0 aliphatic rings. The maximum Gasteiger partial charge on any atom is 0.164 e. The third-order valence-electron chi connectivity index (χ3n) is 2.76. The van der Waals surface area contributed by atoms with Gasteiger partial charge in [-0.1, -0.05) is 0 Å². The van der Waals surface area contributed by atoms with E-state index in [-0.39, 0.29) is 11.7 Å². The van der Waals surface area contributed by atoms with Crippen molar-refractivity contribution in [2.45, 2.75) is 5.88 Å². The maximum atomic E-state index is 13.2. The summed E-state index contributed by atoms with van der Waals surface area (Å²) in [6.07, 6.45) is 1.69. The van der Waals surface area contributed by atoms with Gasteiger partial charge in [-0.2, -0.15) is 0 Å². The summed E-state index contributed by atoms with van der Waals surface area (Å²) >= 11 is 9.29. The Balaban J connectivity index is 2.34. The molecule has 2 heterocycles. The average Bonchev–Trinajstić information content (AvgIpc) is 2.77. The number of nitrogens with zero attached hydrogens (tertiary/aromatic N) is 3. The van der Waals surface area contributed by atoms with Gasteiger partial charge in [-0.15, -0.1) is 11.6 Å². The number of imidazole rings is 1. The van der Waals surface area contributed by atoms with Crippen LogP contribution in [0.4, 0.5) is 4.39 Å². The summed E-state index contributed by atoms with van der Waals surface area (Å²) in [5.74, 6) is 0.614. The van der Waals surface area contributed by atoms with Gasteiger partial charge in [-0.05, 0) is 46.3 Å². The minimum Gasteiger partial charge on any atom is -0.279 e. The Morgan fingerprint density at radius 2 is 2.16 bits per heavy atom. The Hall–Kier alpha value is -1.46. The Morgan fingerprint density at radius 3 is 2.89 bits per heavy atom. The van der Waals surface area contributed by atoms with Crippen molar-refractivity contribution in [2.75, 3.05) is 0 Å². The summed E-state index contributed by atoms with van der Waals surface area (Å²) in [5, 5.41) is 0. The molecule has 96 valence electrons. The number of hydrogen-bond donors (Lipinski definition) is 0. The van der Waals surface area contributed by atoms with Crippen molar-refractivity contribution in [1.29, 1.82) is 0 Å². The summed E-state index contributed by atoms with van der Waals surface area (Å²) in [6, 6.07) is 8.16. The van der Waals surface area contributed by atoms with E-state index in [1.54, 1.807) is 12.3 Å². The average molecular weight is 341 g/mol. The number of alkyl halides is 1. The molecule has 0 radical (unpaired) electrons. The van der Waals surface area contributed by atoms with Crippen molar-refractivity contribution in [3.63, 3.8) is 0 Å². The second-order valence-electron chi connectivity index (χ2n) is 3.94. The highest BCUT2D eigenvalue weighted by molar-refractivity contribution is 9.10. The fourth-order valence-corrected chi connectivity index (χ4v) is 2.67. The summed E-state index contributed by atoms with van der Waals surface area (Å²) < 4.78 is 15.6. The molecule has 3 aromatic rings. The first kappa shape index (κ1) is 12.6. The molecule has 6 heteroatoms. The van der Waals surface area contributed by atoms with Crippen molar-refractivity contribution in [2.24, 2.45) is 0 Å². The number of benzene rings is 1. The van der Waals surface area contributed by atoms with Crippen LogP contribution in [0.25, 0.3) is 16.9 Å². The van der Waals surface area contributed by atoms with Crippen LogP contribution >= 0.6 is 27.5 Å². The van der Waals surface area contributed by atoms with Gasteiger partial charge in [0.2, 0.25) is 0 Å². The fourth-order valence-electron chi connectivity index (χ4n) is 1.96. The lowest BCUT2D eigenvalue weighted by molar-refractivity contribution is 0.626. The second-order valence-corrected chi connectivity index (χ2v) is 5.06. The molecule has 0 fully saturated rings. The Bertz CT molecular complexity index is 757. The molecule has 0 amide bonds. The predicted octanol–water partition coefficient (Wildman–Crippen LogP) is 4.06. The van der Waals surface area contributed by atoms with E-state index < -0.39 is 0 Å². The molecule has 2 aromatic heterocycles. The van der Waals surface area contributed by atoms with Crippen LogP contribution in [0.1, 0.15) is 5.82 Å². The predicted molar refractivity (Wildman–Crippen MR) is 76.1 cm³/mol. The van der Waals surface area contributed by atoms with Crippen LogP contribution in [0, 0.1) is 5.82 Å². The van der Waals surface area contributed by atoms with Crippen LogP contribution in [0.5, 0.6) is 0 Å². The van der Waals surface area contributed by atoms with Gasteiger partial charge < -0.3 is 0 Å². The fraction of sp³-hybridized carbons (Fsp3) is 0.0769. The minimum atomic E-state index is -0.305. The van der Waals surface area contributed by atoms with Crippen LogP contribution < -0.4 is 0 Å². The number of fused-ring (bicyclic) bond motifs is 1. The van der Waals surface area contributed by atoms with Crippen molar-refractivity contribution in [3.8, 4) is 5.69 Å². The first-order chi connectivity index (χ1) is 9.20. The maximum absolute atomic E-state index is 13.2. The zero-order valence-electron chi connectivity index (χ0n) is 9.65. The van der Waals surface area contributed by atoms with Gasteiger partial charge in [-0.25, -0.2) is 14.4 Å². The molecule has 0 aliphatic carbocycles. The monoisotopic (exact) mass is 339 g/mol. The molecule has 1 aromatic carbocycles. The van der Waals surface area contributed by atoms with Gasteiger partial charge in [0, 0.05) is 10.7 Å². The van der Waals surface area contributed by atoms with Crippen LogP contribution in [-0.4, -0.2) is 14.5 Å². The molecule has 0 bridgehead atoms. The first-order valence-corrected chi connectivity index (χ1v) is 6.87. The summed E-state index contributed by atoms with van der Waals surface area (Å²) in [4.78, 5) is 8.74. The van der Waals surface area contributed by atoms with E-state index in [0.717, 1.165) is 11.2 Å². The van der Waals surface area contributed by atoms with Gasteiger partial charge in [0.25, 0.3) is 0 Å². The first-order valence-electron chi connectivity index (χ1n) is 5.54. The molecule has 0 saturated carbocycles. The van der Waals surface area contributed by atoms with Crippen molar-refractivity contribution < 1.29 is 4.39 Å². The quantitative estimate of drug-likeness (QED) is 0.659. The van der Waals surface area contributed by atoms with E-state index >= 15 is 0 Å². The lowest BCUT2D eigenvalue weighted by Gasteiger charge is -2.09. The largest absolute Gasteiger partial charge is 0.279 e. The van der Waals surface area contributed by atoms with Crippen LogP contribution in [0.15, 0.2) is 41.0 Å². The number of halogens is 3. The van der Waals surface area contributed by atoms with Gasteiger partial charge in [0.1, 0.15) is 17.2 Å². The van der Waals surface area contributed by atoms with Crippen LogP contribution in [0.3, 0.4) is 0 Å². The smallest absolute Gasteiger partial charge is 0.164 e. The molecule has 0 aliphatic heterocycles. The zero-order chi connectivity index (χ0) is 13.4. The normalized spacial score (nSPS) is 11.1. The molecular formula is C13H8BrClFN3. The van der Waals surface area contributed by atoms with E-state index in [4.69, 9.17) is 11.6 Å². The molecule has 0 saturated heterocycles. The highest BCUT2D eigenvalue weighted by atomic mass is 79.9. The summed E-state index contributed by atoms with van der Waals surface area (Å²) in [7, 11) is 0. The Morgan fingerprint density at radius 1 is 1.32 bits per heavy atom. The van der Waals surface area contributed by atoms with Gasteiger partial charge in [0.15, 0.2) is 5.65 Å². The molecule has 0 spiro atoms. The standard InChI is InChI=1S/C13H8BrClFN3/c14-9-6-8(16)3-4-11(9)19-12(7-15)18-10-2-1-5-17-13(10)19/h1-6H,7H2. The van der Waals surface area contributed by atoms with E-state index in [0.29, 0.717) is 15.9 Å². The molecule has 19 heavy (non-hydrogen) atoms. The number of pyridine rings is 1. The third-order valence-corrected chi connectivity index (χ3v) is 3.63. The lowest BCUT2D eigenvalue weighted by atomic mass is 10.3. The summed E-state index contributed by atoms with van der Waals surface area (Å²) in [5.41, 5.74) is 2.22. The Kier molecular flexibility index (Phi) is 3.24. The van der Waals surface area contributed by atoms with E-state index in [1.807, 2.05) is 16.7 Å². The second kappa shape index (κ2) is 4.90. The Labute approximate surface area is 122 Å². The van der Waals surface area contributed by atoms with E-state index in [1.165, 1.54) is 12.1 Å². The molecule has 3 nitrogen and oxygen atoms in total. The molecule has 0 unspecified atom stereocenters. The third kappa shape index (κ3) is 2.13.